The molecule has 1 aliphatic heterocycles. The lowest BCUT2D eigenvalue weighted by Crippen LogP contribution is -2.38. The summed E-state index contributed by atoms with van der Waals surface area (Å²) in [6, 6.07) is 12.1. The summed E-state index contributed by atoms with van der Waals surface area (Å²) in [5, 5.41) is 3.82. The minimum atomic E-state index is -0.545. The number of rotatable bonds is 5. The number of hydrogen-bond donors (Lipinski definition) is 1. The van der Waals surface area contributed by atoms with E-state index < -0.39 is 11.7 Å². The van der Waals surface area contributed by atoms with Gasteiger partial charge in [-0.2, -0.15) is 0 Å². The van der Waals surface area contributed by atoms with Crippen LogP contribution in [0.5, 0.6) is 0 Å². The van der Waals surface area contributed by atoms with E-state index in [-0.39, 0.29) is 5.56 Å². The molecule has 0 saturated carbocycles. The zero-order chi connectivity index (χ0) is 19.5. The molecule has 7 heteroatoms. The molecule has 0 radical (unpaired) electrons. The molecule has 3 aromatic rings. The number of benzene rings is 2. The molecule has 0 unspecified atom stereocenters. The number of anilines is 1. The molecule has 0 spiro atoms. The molecule has 1 saturated heterocycles. The molecule has 2 aromatic carbocycles. The van der Waals surface area contributed by atoms with Gasteiger partial charge in [0.1, 0.15) is 5.82 Å². The van der Waals surface area contributed by atoms with E-state index in [0.717, 1.165) is 50.3 Å². The number of fused-ring (bicyclic) bond motifs is 1. The second kappa shape index (κ2) is 8.43. The summed E-state index contributed by atoms with van der Waals surface area (Å²) in [5.41, 5.74) is 1.76. The van der Waals surface area contributed by atoms with Gasteiger partial charge in [0.2, 0.25) is 0 Å². The van der Waals surface area contributed by atoms with Crippen LogP contribution in [0.25, 0.3) is 10.9 Å². The van der Waals surface area contributed by atoms with E-state index in [0.29, 0.717) is 10.2 Å². The Labute approximate surface area is 171 Å². The van der Waals surface area contributed by atoms with Gasteiger partial charge < -0.3 is 14.6 Å². The van der Waals surface area contributed by atoms with Crippen LogP contribution < -0.4 is 5.32 Å². The van der Waals surface area contributed by atoms with Gasteiger partial charge in [-0.1, -0.05) is 15.9 Å². The highest BCUT2D eigenvalue weighted by Gasteiger charge is 2.14. The number of nitrogens with zero attached hydrogens (tertiary/aromatic N) is 2. The highest BCUT2D eigenvalue weighted by molar-refractivity contribution is 9.10. The Morgan fingerprint density at radius 3 is 2.75 bits per heavy atom. The van der Waals surface area contributed by atoms with Gasteiger partial charge in [0, 0.05) is 53.4 Å². The summed E-state index contributed by atoms with van der Waals surface area (Å²) >= 11 is 3.27. The van der Waals surface area contributed by atoms with Gasteiger partial charge in [-0.05, 0) is 42.5 Å². The lowest BCUT2D eigenvalue weighted by Gasteiger charge is -2.26. The standard InChI is InChI=1S/C21H21BrFN3O2/c22-16-1-3-19(23)18(14-16)21(27)24-17-2-4-20-15(13-17)5-6-26(20)8-7-25-9-11-28-12-10-25/h1-6,13-14H,7-12H2,(H,24,27). The fourth-order valence-corrected chi connectivity index (χ4v) is 3.78. The number of morpholine rings is 1. The number of aromatic nitrogens is 1. The fraction of sp³-hybridized carbons (Fsp3) is 0.286. The summed E-state index contributed by atoms with van der Waals surface area (Å²) in [7, 11) is 0. The van der Waals surface area contributed by atoms with Crippen LogP contribution in [0.3, 0.4) is 0 Å². The number of nitrogens with one attached hydrogen (secondary N) is 1. The van der Waals surface area contributed by atoms with E-state index in [1.54, 1.807) is 6.07 Å². The number of hydrogen-bond acceptors (Lipinski definition) is 3. The molecule has 1 aromatic heterocycles. The molecule has 1 amide bonds. The SMILES string of the molecule is O=C(Nc1ccc2c(ccn2CCN2CCOCC2)c1)c1cc(Br)ccc1F. The number of carbonyl (C=O) groups excluding carboxylic acids is 1. The van der Waals surface area contributed by atoms with E-state index in [1.807, 2.05) is 24.3 Å². The Kier molecular flexibility index (Phi) is 5.75. The molecule has 1 fully saturated rings. The number of amides is 1. The third-order valence-corrected chi connectivity index (χ3v) is 5.46. The second-order valence-corrected chi connectivity index (χ2v) is 7.73. The molecule has 1 N–H and O–H groups in total. The zero-order valence-electron chi connectivity index (χ0n) is 15.3. The van der Waals surface area contributed by atoms with Gasteiger partial charge in [-0.25, -0.2) is 4.39 Å². The van der Waals surface area contributed by atoms with Gasteiger partial charge in [-0.3, -0.25) is 9.69 Å². The van der Waals surface area contributed by atoms with Gasteiger partial charge in [0.25, 0.3) is 5.91 Å². The summed E-state index contributed by atoms with van der Waals surface area (Å²) in [6.45, 7) is 5.43. The third-order valence-electron chi connectivity index (χ3n) is 4.96. The summed E-state index contributed by atoms with van der Waals surface area (Å²) in [5.74, 6) is -1.01. The van der Waals surface area contributed by atoms with Crippen LogP contribution in [0.2, 0.25) is 0 Å². The van der Waals surface area contributed by atoms with Gasteiger partial charge in [-0.15, -0.1) is 0 Å². The van der Waals surface area contributed by atoms with Crippen LogP contribution in [0.15, 0.2) is 53.1 Å². The Bertz CT molecular complexity index is 998. The number of carbonyl (C=O) groups is 1. The maximum Gasteiger partial charge on any atom is 0.258 e. The first-order valence-corrected chi connectivity index (χ1v) is 10.0. The van der Waals surface area contributed by atoms with Gasteiger partial charge in [0.05, 0.1) is 18.8 Å². The second-order valence-electron chi connectivity index (χ2n) is 6.82. The molecular formula is C21H21BrFN3O2. The largest absolute Gasteiger partial charge is 0.379 e. The van der Waals surface area contributed by atoms with Crippen LogP contribution in [0.1, 0.15) is 10.4 Å². The molecule has 5 nitrogen and oxygen atoms in total. The maximum absolute atomic E-state index is 13.9. The molecule has 146 valence electrons. The van der Waals surface area contributed by atoms with Crippen LogP contribution in [0, 0.1) is 5.82 Å². The van der Waals surface area contributed by atoms with Crippen molar-refractivity contribution >= 4 is 38.4 Å². The van der Waals surface area contributed by atoms with Crippen molar-refractivity contribution in [3.63, 3.8) is 0 Å². The quantitative estimate of drug-likeness (QED) is 0.642. The summed E-state index contributed by atoms with van der Waals surface area (Å²) < 4.78 is 22.2. The first-order valence-electron chi connectivity index (χ1n) is 9.25. The Morgan fingerprint density at radius 1 is 1.11 bits per heavy atom. The highest BCUT2D eigenvalue weighted by Crippen LogP contribution is 2.22. The lowest BCUT2D eigenvalue weighted by molar-refractivity contribution is 0.0365. The zero-order valence-corrected chi connectivity index (χ0v) is 16.9. The molecular weight excluding hydrogens is 425 g/mol. The van der Waals surface area contributed by atoms with Crippen LogP contribution >= 0.6 is 15.9 Å². The van der Waals surface area contributed by atoms with Crippen LogP contribution in [-0.4, -0.2) is 48.2 Å². The third kappa shape index (κ3) is 4.27. The van der Waals surface area contributed by atoms with Crippen molar-refractivity contribution in [3.8, 4) is 0 Å². The van der Waals surface area contributed by atoms with Crippen molar-refractivity contribution in [2.45, 2.75) is 6.54 Å². The molecule has 28 heavy (non-hydrogen) atoms. The normalized spacial score (nSPS) is 15.1. The first kappa shape index (κ1) is 19.1. The van der Waals surface area contributed by atoms with Crippen molar-refractivity contribution in [1.29, 1.82) is 0 Å². The monoisotopic (exact) mass is 445 g/mol. The fourth-order valence-electron chi connectivity index (χ4n) is 3.42. The highest BCUT2D eigenvalue weighted by atomic mass is 79.9. The Balaban J connectivity index is 1.46. The van der Waals surface area contributed by atoms with Crippen LogP contribution in [-0.2, 0) is 11.3 Å². The van der Waals surface area contributed by atoms with Crippen molar-refractivity contribution in [3.05, 3.63) is 64.5 Å². The van der Waals surface area contributed by atoms with Crippen molar-refractivity contribution in [2.24, 2.45) is 0 Å². The van der Waals surface area contributed by atoms with Crippen molar-refractivity contribution < 1.29 is 13.9 Å². The van der Waals surface area contributed by atoms with Crippen molar-refractivity contribution in [1.82, 2.24) is 9.47 Å². The Hall–Kier alpha value is -2.22. The average Bonchev–Trinajstić information content (AvgIpc) is 3.11. The topological polar surface area (TPSA) is 46.5 Å². The molecule has 0 aliphatic carbocycles. The smallest absolute Gasteiger partial charge is 0.258 e. The molecule has 2 heterocycles. The summed E-state index contributed by atoms with van der Waals surface area (Å²) in [6.07, 6.45) is 2.06. The first-order chi connectivity index (χ1) is 13.6. The van der Waals surface area contributed by atoms with Gasteiger partial charge >= 0.3 is 0 Å². The number of halogens is 2. The Morgan fingerprint density at radius 2 is 1.93 bits per heavy atom. The average molecular weight is 446 g/mol. The van der Waals surface area contributed by atoms with E-state index >= 15 is 0 Å². The maximum atomic E-state index is 13.9. The lowest BCUT2D eigenvalue weighted by atomic mass is 10.2. The number of ether oxygens (including phenoxy) is 1. The van der Waals surface area contributed by atoms with Crippen LogP contribution in [0.4, 0.5) is 10.1 Å². The molecule has 0 atom stereocenters. The summed E-state index contributed by atoms with van der Waals surface area (Å²) in [4.78, 5) is 14.8. The minimum Gasteiger partial charge on any atom is -0.379 e. The van der Waals surface area contributed by atoms with E-state index in [1.165, 1.54) is 12.1 Å². The molecule has 1 aliphatic rings. The van der Waals surface area contributed by atoms with Gasteiger partial charge in [0.15, 0.2) is 0 Å². The van der Waals surface area contributed by atoms with E-state index in [9.17, 15) is 9.18 Å². The molecule has 0 bridgehead atoms. The van der Waals surface area contributed by atoms with E-state index in [4.69, 9.17) is 4.74 Å². The predicted molar refractivity (Wildman–Crippen MR) is 111 cm³/mol. The predicted octanol–water partition coefficient (Wildman–Crippen LogP) is 4.13. The van der Waals surface area contributed by atoms with Crippen molar-refractivity contribution in [2.75, 3.05) is 38.2 Å². The van der Waals surface area contributed by atoms with E-state index in [2.05, 4.69) is 36.9 Å². The molecule has 4 rings (SSSR count). The minimum absolute atomic E-state index is 0.0116.